The summed E-state index contributed by atoms with van der Waals surface area (Å²) in [7, 11) is -1.75. The van der Waals surface area contributed by atoms with E-state index in [1.54, 1.807) is 0 Å². The molecule has 0 amide bonds. The van der Waals surface area contributed by atoms with Gasteiger partial charge >= 0.3 is 0 Å². The molecule has 14 heavy (non-hydrogen) atoms. The first-order chi connectivity index (χ1) is 6.19. The van der Waals surface area contributed by atoms with Gasteiger partial charge in [-0.1, -0.05) is 13.1 Å². The number of nitrogens with zero attached hydrogens (tertiary/aromatic N) is 2. The molecule has 1 saturated heterocycles. The second kappa shape index (κ2) is 3.01. The van der Waals surface area contributed by atoms with Crippen LogP contribution in [0.2, 0.25) is 25.2 Å². The molecule has 0 bridgehead atoms. The summed E-state index contributed by atoms with van der Waals surface area (Å²) >= 11 is 0. The minimum atomic E-state index is -1.75. The summed E-state index contributed by atoms with van der Waals surface area (Å²) in [5.74, 6) is 0. The highest BCUT2D eigenvalue weighted by molar-refractivity contribution is 6.78. The molecule has 1 aliphatic heterocycles. The van der Waals surface area contributed by atoms with Crippen LogP contribution in [0.4, 0.5) is 0 Å². The lowest BCUT2D eigenvalue weighted by Gasteiger charge is -2.17. The van der Waals surface area contributed by atoms with Gasteiger partial charge in [0.15, 0.2) is 0 Å². The zero-order valence-electron chi connectivity index (χ0n) is 8.52. The van der Waals surface area contributed by atoms with E-state index in [0.29, 0.717) is 12.1 Å². The van der Waals surface area contributed by atoms with Gasteiger partial charge in [-0.05, 0) is 0 Å². The molecule has 1 heterocycles. The largest absolute Gasteiger partial charge is 0.282 e. The van der Waals surface area contributed by atoms with Crippen LogP contribution in [-0.2, 0) is 0 Å². The molecule has 2 atom stereocenters. The predicted octanol–water partition coefficient (Wildman–Crippen LogP) is 1.39. The van der Waals surface area contributed by atoms with Crippen LogP contribution in [0.25, 0.3) is 0 Å². The van der Waals surface area contributed by atoms with Gasteiger partial charge in [0, 0.05) is 28.9 Å². The molecule has 0 unspecified atom stereocenters. The van der Waals surface area contributed by atoms with E-state index in [0.717, 1.165) is 0 Å². The molecule has 6 nitrogen and oxygen atoms in total. The Bertz CT molecular complexity index is 293. The normalized spacial score (nSPS) is 35.5. The van der Waals surface area contributed by atoms with Gasteiger partial charge in [0.2, 0.25) is 0 Å². The predicted molar refractivity (Wildman–Crippen MR) is 53.3 cm³/mol. The van der Waals surface area contributed by atoms with Gasteiger partial charge < -0.3 is 0 Å². The van der Waals surface area contributed by atoms with Crippen LogP contribution in [0.5, 0.6) is 0 Å². The molecule has 0 saturated carbocycles. The van der Waals surface area contributed by atoms with Crippen molar-refractivity contribution >= 4 is 8.07 Å². The summed E-state index contributed by atoms with van der Waals surface area (Å²) in [6.07, 6.45) is 0. The van der Waals surface area contributed by atoms with Gasteiger partial charge in [-0.3, -0.25) is 20.2 Å². The van der Waals surface area contributed by atoms with Crippen molar-refractivity contribution < 1.29 is 9.85 Å². The Kier molecular flexibility index (Phi) is 2.38. The first kappa shape index (κ1) is 11.1. The standard InChI is InChI=1S/C7H14N2O4Si/c1-7(9(12)13)5-14(2,3)4-6(7)8(10)11/h6H,4-5H2,1-3H3/t6-,7-/m1/s1. The fraction of sp³-hybridized carbons (Fsp3) is 1.00. The van der Waals surface area contributed by atoms with Gasteiger partial charge in [-0.25, -0.2) is 0 Å². The zero-order valence-corrected chi connectivity index (χ0v) is 9.52. The highest BCUT2D eigenvalue weighted by Crippen LogP contribution is 2.41. The zero-order chi connectivity index (χ0) is 11.1. The SMILES string of the molecule is C[C@@]1([N+](=O)[O-])C[Si](C)(C)C[C@H]1[N+](=O)[O-]. The number of rotatable bonds is 2. The average Bonchev–Trinajstić information content (AvgIpc) is 2.22. The van der Waals surface area contributed by atoms with Crippen molar-refractivity contribution in [3.05, 3.63) is 20.2 Å². The first-order valence-corrected chi connectivity index (χ1v) is 7.88. The van der Waals surface area contributed by atoms with Gasteiger partial charge in [0.05, 0.1) is 8.07 Å². The van der Waals surface area contributed by atoms with Crippen LogP contribution in [0.3, 0.4) is 0 Å². The number of hydrogen-bond acceptors (Lipinski definition) is 4. The topological polar surface area (TPSA) is 86.3 Å². The van der Waals surface area contributed by atoms with Crippen molar-refractivity contribution in [1.82, 2.24) is 0 Å². The Balaban J connectivity index is 3.05. The Morgan fingerprint density at radius 1 is 1.36 bits per heavy atom. The molecule has 0 aromatic carbocycles. The van der Waals surface area contributed by atoms with Crippen molar-refractivity contribution in [2.45, 2.75) is 43.7 Å². The van der Waals surface area contributed by atoms with Crippen LogP contribution in [0.15, 0.2) is 0 Å². The molecule has 80 valence electrons. The van der Waals surface area contributed by atoms with Crippen LogP contribution < -0.4 is 0 Å². The van der Waals surface area contributed by atoms with Gasteiger partial charge in [0.1, 0.15) is 0 Å². The minimum absolute atomic E-state index is 0.401. The van der Waals surface area contributed by atoms with Crippen molar-refractivity contribution in [1.29, 1.82) is 0 Å². The molecule has 7 heteroatoms. The second-order valence-electron chi connectivity index (χ2n) is 4.96. The van der Waals surface area contributed by atoms with Crippen molar-refractivity contribution in [2.24, 2.45) is 0 Å². The highest BCUT2D eigenvalue weighted by Gasteiger charge is 2.64. The maximum Gasteiger partial charge on any atom is 0.282 e. The van der Waals surface area contributed by atoms with Gasteiger partial charge in [-0.15, -0.1) is 0 Å². The lowest BCUT2D eigenvalue weighted by Crippen LogP contribution is -2.45. The third-order valence-corrected chi connectivity index (χ3v) is 6.14. The second-order valence-corrected chi connectivity index (χ2v) is 10.1. The fourth-order valence-corrected chi connectivity index (χ4v) is 6.47. The first-order valence-electron chi connectivity index (χ1n) is 4.47. The maximum atomic E-state index is 10.8. The summed E-state index contributed by atoms with van der Waals surface area (Å²) in [6.45, 7) is 5.35. The monoisotopic (exact) mass is 218 g/mol. The summed E-state index contributed by atoms with van der Waals surface area (Å²) < 4.78 is 0. The third kappa shape index (κ3) is 1.63. The number of nitro groups is 2. The molecule has 0 spiro atoms. The van der Waals surface area contributed by atoms with E-state index >= 15 is 0 Å². The van der Waals surface area contributed by atoms with E-state index in [2.05, 4.69) is 0 Å². The van der Waals surface area contributed by atoms with Gasteiger partial charge in [0.25, 0.3) is 11.6 Å². The lowest BCUT2D eigenvalue weighted by molar-refractivity contribution is -0.640. The molecule has 0 N–H and O–H groups in total. The quantitative estimate of drug-likeness (QED) is 0.398. The number of hydrogen-bond donors (Lipinski definition) is 0. The molecule has 0 aromatic heterocycles. The third-order valence-electron chi connectivity index (χ3n) is 2.97. The van der Waals surface area contributed by atoms with E-state index in [4.69, 9.17) is 0 Å². The summed E-state index contributed by atoms with van der Waals surface area (Å²) in [5, 5.41) is 21.6. The van der Waals surface area contributed by atoms with E-state index < -0.39 is 29.5 Å². The van der Waals surface area contributed by atoms with Crippen LogP contribution in [0.1, 0.15) is 6.92 Å². The Labute approximate surface area is 82.6 Å². The maximum absolute atomic E-state index is 10.8. The van der Waals surface area contributed by atoms with Gasteiger partial charge in [-0.2, -0.15) is 0 Å². The lowest BCUT2D eigenvalue weighted by atomic mass is 9.98. The van der Waals surface area contributed by atoms with Crippen LogP contribution >= 0.6 is 0 Å². The molecule has 1 fully saturated rings. The van der Waals surface area contributed by atoms with Crippen LogP contribution in [0, 0.1) is 20.2 Å². The highest BCUT2D eigenvalue weighted by atomic mass is 28.3. The molecular formula is C7H14N2O4Si. The molecule has 1 aliphatic rings. The van der Waals surface area contributed by atoms with E-state index in [1.807, 2.05) is 13.1 Å². The van der Waals surface area contributed by atoms with Crippen molar-refractivity contribution in [3.63, 3.8) is 0 Å². The minimum Gasteiger partial charge on any atom is -0.264 e. The molecule has 0 radical (unpaired) electrons. The summed E-state index contributed by atoms with van der Waals surface area (Å²) in [6, 6.07) is -0.185. The van der Waals surface area contributed by atoms with Crippen molar-refractivity contribution in [3.8, 4) is 0 Å². The Hall–Kier alpha value is -0.983. The Morgan fingerprint density at radius 3 is 2.14 bits per heavy atom. The average molecular weight is 218 g/mol. The molecule has 0 aromatic rings. The smallest absolute Gasteiger partial charge is 0.264 e. The Morgan fingerprint density at radius 2 is 1.86 bits per heavy atom. The van der Waals surface area contributed by atoms with Crippen LogP contribution in [-0.4, -0.2) is 29.5 Å². The summed E-state index contributed by atoms with van der Waals surface area (Å²) in [4.78, 5) is 20.6. The van der Waals surface area contributed by atoms with E-state index in [1.165, 1.54) is 6.92 Å². The molecular weight excluding hydrogens is 204 g/mol. The van der Waals surface area contributed by atoms with E-state index in [9.17, 15) is 20.2 Å². The van der Waals surface area contributed by atoms with E-state index in [-0.39, 0.29) is 0 Å². The summed E-state index contributed by atoms with van der Waals surface area (Å²) in [5.41, 5.74) is -1.35. The van der Waals surface area contributed by atoms with Crippen molar-refractivity contribution in [2.75, 3.05) is 0 Å². The fourth-order valence-electron chi connectivity index (χ4n) is 2.39. The molecule has 1 rings (SSSR count). The molecule has 0 aliphatic carbocycles.